The molecular formula is C12H20ClN3O3. The number of hydrogen-bond acceptors (Lipinski definition) is 6. The smallest absolute Gasteiger partial charge is 0.238 e. The second-order valence-electron chi connectivity index (χ2n) is 3.81. The second-order valence-corrected chi connectivity index (χ2v) is 4.30. The molecule has 0 saturated carbocycles. The van der Waals surface area contributed by atoms with Crippen LogP contribution in [0.1, 0.15) is 19.3 Å². The molecule has 1 fully saturated rings. The summed E-state index contributed by atoms with van der Waals surface area (Å²) in [6.45, 7) is 0.855. The molecule has 1 aromatic rings. The topological polar surface area (TPSA) is 65.5 Å². The highest BCUT2D eigenvalue weighted by Gasteiger charge is 2.08. The minimum atomic E-state index is -0.485. The van der Waals surface area contributed by atoms with Crippen LogP contribution >= 0.6 is 11.6 Å². The maximum Gasteiger partial charge on any atom is 0.238 e. The molecule has 0 spiro atoms. The van der Waals surface area contributed by atoms with Gasteiger partial charge in [-0.2, -0.15) is 0 Å². The van der Waals surface area contributed by atoms with E-state index in [1.165, 1.54) is 27.1 Å². The SMILES string of the molecule is COC(Nc1cnccn1)OC.ClC1CCCCO1. The van der Waals surface area contributed by atoms with Gasteiger partial charge in [0.25, 0.3) is 0 Å². The quantitative estimate of drug-likeness (QED) is 0.677. The fraction of sp³-hybridized carbons (Fsp3) is 0.667. The van der Waals surface area contributed by atoms with E-state index in [2.05, 4.69) is 15.3 Å². The van der Waals surface area contributed by atoms with Gasteiger partial charge >= 0.3 is 0 Å². The van der Waals surface area contributed by atoms with Crippen LogP contribution in [0.4, 0.5) is 5.82 Å². The first-order chi connectivity index (χ1) is 9.26. The third kappa shape index (κ3) is 7.27. The number of ether oxygens (including phenoxy) is 3. The second kappa shape index (κ2) is 9.91. The molecule has 1 N–H and O–H groups in total. The van der Waals surface area contributed by atoms with E-state index in [-0.39, 0.29) is 5.56 Å². The van der Waals surface area contributed by atoms with Crippen molar-refractivity contribution < 1.29 is 14.2 Å². The van der Waals surface area contributed by atoms with Crippen molar-refractivity contribution in [1.82, 2.24) is 9.97 Å². The van der Waals surface area contributed by atoms with Gasteiger partial charge in [0.1, 0.15) is 11.4 Å². The third-order valence-corrected chi connectivity index (χ3v) is 2.73. The lowest BCUT2D eigenvalue weighted by Crippen LogP contribution is -2.23. The minimum Gasteiger partial charge on any atom is -0.362 e. The molecule has 1 saturated heterocycles. The Morgan fingerprint density at radius 2 is 2.16 bits per heavy atom. The highest BCUT2D eigenvalue weighted by atomic mass is 35.5. The van der Waals surface area contributed by atoms with Crippen molar-refractivity contribution >= 4 is 17.4 Å². The molecule has 1 aromatic heterocycles. The molecule has 2 heterocycles. The Morgan fingerprint density at radius 1 is 1.37 bits per heavy atom. The number of hydrogen-bond donors (Lipinski definition) is 1. The number of nitrogens with zero attached hydrogens (tertiary/aromatic N) is 2. The zero-order valence-electron chi connectivity index (χ0n) is 11.2. The molecule has 0 aliphatic carbocycles. The van der Waals surface area contributed by atoms with Crippen LogP contribution in [0.25, 0.3) is 0 Å². The van der Waals surface area contributed by atoms with Crippen LogP contribution in [0.2, 0.25) is 0 Å². The van der Waals surface area contributed by atoms with Crippen molar-refractivity contribution in [2.24, 2.45) is 0 Å². The number of anilines is 1. The fourth-order valence-corrected chi connectivity index (χ4v) is 1.65. The van der Waals surface area contributed by atoms with Gasteiger partial charge in [-0.15, -0.1) is 0 Å². The van der Waals surface area contributed by atoms with Crippen molar-refractivity contribution in [2.45, 2.75) is 31.2 Å². The number of alkyl halides is 1. The lowest BCUT2D eigenvalue weighted by Gasteiger charge is -2.15. The highest BCUT2D eigenvalue weighted by molar-refractivity contribution is 6.19. The zero-order chi connectivity index (χ0) is 13.9. The van der Waals surface area contributed by atoms with Crippen molar-refractivity contribution in [1.29, 1.82) is 0 Å². The Morgan fingerprint density at radius 3 is 2.58 bits per heavy atom. The Labute approximate surface area is 118 Å². The largest absolute Gasteiger partial charge is 0.362 e. The Hall–Kier alpha value is -0.950. The standard InChI is InChI=1S/C7H11N3O2.C5H9ClO/c1-11-7(12-2)10-6-5-8-3-4-9-6;6-5-3-1-2-4-7-5/h3-5,7H,1-2H3,(H,9,10);5H,1-4H2. The number of aromatic nitrogens is 2. The number of methoxy groups -OCH3 is 2. The maximum absolute atomic E-state index is 5.59. The minimum absolute atomic E-state index is 0.00810. The van der Waals surface area contributed by atoms with Crippen LogP contribution in [0.3, 0.4) is 0 Å². The van der Waals surface area contributed by atoms with E-state index in [1.54, 1.807) is 18.6 Å². The Bertz CT molecular complexity index is 319. The lowest BCUT2D eigenvalue weighted by molar-refractivity contribution is -0.0810. The molecular weight excluding hydrogens is 270 g/mol. The summed E-state index contributed by atoms with van der Waals surface area (Å²) in [5.74, 6) is 0.617. The molecule has 1 aliphatic heterocycles. The van der Waals surface area contributed by atoms with E-state index in [4.69, 9.17) is 25.8 Å². The predicted octanol–water partition coefficient (Wildman–Crippen LogP) is 2.22. The molecule has 0 aromatic carbocycles. The number of rotatable bonds is 4. The summed E-state index contributed by atoms with van der Waals surface area (Å²) in [4.78, 5) is 7.85. The Balaban J connectivity index is 0.000000218. The number of nitrogens with one attached hydrogen (secondary N) is 1. The van der Waals surface area contributed by atoms with Gasteiger partial charge in [0.15, 0.2) is 0 Å². The molecule has 6 nitrogen and oxygen atoms in total. The first-order valence-electron chi connectivity index (χ1n) is 6.10. The van der Waals surface area contributed by atoms with E-state index in [1.807, 2.05) is 0 Å². The van der Waals surface area contributed by atoms with E-state index in [0.29, 0.717) is 5.82 Å². The molecule has 0 radical (unpaired) electrons. The zero-order valence-corrected chi connectivity index (χ0v) is 12.0. The van der Waals surface area contributed by atoms with Crippen LogP contribution in [-0.2, 0) is 14.2 Å². The first kappa shape index (κ1) is 16.1. The molecule has 2 rings (SSSR count). The predicted molar refractivity (Wildman–Crippen MR) is 72.9 cm³/mol. The van der Waals surface area contributed by atoms with Crippen molar-refractivity contribution in [3.63, 3.8) is 0 Å². The van der Waals surface area contributed by atoms with Gasteiger partial charge in [0, 0.05) is 33.2 Å². The molecule has 19 heavy (non-hydrogen) atoms. The summed E-state index contributed by atoms with van der Waals surface area (Å²) in [5.41, 5.74) is 0.00810. The van der Waals surface area contributed by atoms with Crippen molar-refractivity contribution in [3.05, 3.63) is 18.6 Å². The summed E-state index contributed by atoms with van der Waals surface area (Å²) >= 11 is 5.59. The van der Waals surface area contributed by atoms with E-state index >= 15 is 0 Å². The summed E-state index contributed by atoms with van der Waals surface area (Å²) in [6, 6.07) is 0. The molecule has 0 amide bonds. The van der Waals surface area contributed by atoms with Crippen LogP contribution in [0, 0.1) is 0 Å². The van der Waals surface area contributed by atoms with Crippen molar-refractivity contribution in [2.75, 3.05) is 26.1 Å². The van der Waals surface area contributed by atoms with Gasteiger partial charge in [-0.1, -0.05) is 11.6 Å². The normalized spacial score (nSPS) is 18.6. The lowest BCUT2D eigenvalue weighted by atomic mass is 10.2. The van der Waals surface area contributed by atoms with Gasteiger partial charge in [0.05, 0.1) is 6.20 Å². The monoisotopic (exact) mass is 289 g/mol. The fourth-order valence-electron chi connectivity index (χ4n) is 1.41. The van der Waals surface area contributed by atoms with Crippen LogP contribution in [0.15, 0.2) is 18.6 Å². The molecule has 1 unspecified atom stereocenters. The van der Waals surface area contributed by atoms with E-state index in [9.17, 15) is 0 Å². The number of halogens is 1. The van der Waals surface area contributed by atoms with Crippen LogP contribution in [-0.4, -0.2) is 42.8 Å². The average molecular weight is 290 g/mol. The highest BCUT2D eigenvalue weighted by Crippen LogP contribution is 2.14. The molecule has 1 aliphatic rings. The van der Waals surface area contributed by atoms with Crippen molar-refractivity contribution in [3.8, 4) is 0 Å². The van der Waals surface area contributed by atoms with Crippen LogP contribution in [0.5, 0.6) is 0 Å². The third-order valence-electron chi connectivity index (χ3n) is 2.38. The summed E-state index contributed by atoms with van der Waals surface area (Å²) < 4.78 is 14.8. The molecule has 108 valence electrons. The van der Waals surface area contributed by atoms with Gasteiger partial charge in [-0.25, -0.2) is 4.98 Å². The first-order valence-corrected chi connectivity index (χ1v) is 6.53. The summed E-state index contributed by atoms with van der Waals surface area (Å²) in [5, 5.41) is 2.86. The Kier molecular flexibility index (Phi) is 8.40. The van der Waals surface area contributed by atoms with Gasteiger partial charge in [-0.3, -0.25) is 4.98 Å². The van der Waals surface area contributed by atoms with E-state index < -0.39 is 6.41 Å². The summed E-state index contributed by atoms with van der Waals surface area (Å²) in [6.07, 6.45) is 7.73. The van der Waals surface area contributed by atoms with Crippen LogP contribution < -0.4 is 5.32 Å². The molecule has 7 heteroatoms. The molecule has 1 atom stereocenters. The van der Waals surface area contributed by atoms with Gasteiger partial charge in [0.2, 0.25) is 6.41 Å². The maximum atomic E-state index is 5.59. The van der Waals surface area contributed by atoms with Gasteiger partial charge in [-0.05, 0) is 19.3 Å². The van der Waals surface area contributed by atoms with Gasteiger partial charge < -0.3 is 19.5 Å². The average Bonchev–Trinajstić information content (AvgIpc) is 2.47. The summed E-state index contributed by atoms with van der Waals surface area (Å²) in [7, 11) is 3.08. The molecule has 0 bridgehead atoms. The van der Waals surface area contributed by atoms with E-state index in [0.717, 1.165) is 13.0 Å².